The predicted octanol–water partition coefficient (Wildman–Crippen LogP) is 5.65. The number of aromatic nitrogens is 1. The first-order valence-corrected chi connectivity index (χ1v) is 13.8. The van der Waals surface area contributed by atoms with Gasteiger partial charge in [0, 0.05) is 40.6 Å². The molecule has 0 aliphatic carbocycles. The Kier molecular flexibility index (Phi) is 8.58. The summed E-state index contributed by atoms with van der Waals surface area (Å²) in [7, 11) is 0. The predicted molar refractivity (Wildman–Crippen MR) is 150 cm³/mol. The molecule has 2 N–H and O–H groups in total. The standard InChI is InChI=1S/C31H30N2O5S/c1-21-27(20-39-28-9-5-6-18-33(28)36)37-31(38-29(21)23-12-10-22(19-34)11-13-23)25-14-16-26(17-15-25)32-30(35)24-7-3-2-4-8-24/h2-18,21,27,29,31,34H,19-20H2,1H3,(H,32,35)/t21-,27+,29+,31+/m1/s1. The van der Waals surface area contributed by atoms with Gasteiger partial charge in [0.25, 0.3) is 10.9 Å². The Morgan fingerprint density at radius 3 is 2.31 bits per heavy atom. The first-order valence-electron chi connectivity index (χ1n) is 12.8. The minimum Gasteiger partial charge on any atom is -0.618 e. The topological polar surface area (TPSA) is 94.7 Å². The van der Waals surface area contributed by atoms with Crippen molar-refractivity contribution in [3.05, 3.63) is 131 Å². The minimum absolute atomic E-state index is 0.00183. The van der Waals surface area contributed by atoms with Gasteiger partial charge in [0.15, 0.2) is 12.5 Å². The summed E-state index contributed by atoms with van der Waals surface area (Å²) in [5.41, 5.74) is 3.91. The fourth-order valence-corrected chi connectivity index (χ4v) is 5.60. The van der Waals surface area contributed by atoms with Crippen LogP contribution in [0.15, 0.2) is 108 Å². The number of anilines is 1. The zero-order valence-corrected chi connectivity index (χ0v) is 22.3. The maximum atomic E-state index is 12.5. The van der Waals surface area contributed by atoms with E-state index in [1.165, 1.54) is 18.0 Å². The molecule has 1 saturated heterocycles. The van der Waals surface area contributed by atoms with Crippen molar-refractivity contribution in [2.24, 2.45) is 5.92 Å². The number of amides is 1. The smallest absolute Gasteiger partial charge is 0.255 e. The Morgan fingerprint density at radius 1 is 0.923 bits per heavy atom. The normalized spacial score (nSPS) is 20.9. The van der Waals surface area contributed by atoms with Gasteiger partial charge in [-0.15, -0.1) is 0 Å². The third-order valence-electron chi connectivity index (χ3n) is 6.78. The highest BCUT2D eigenvalue weighted by molar-refractivity contribution is 7.99. The number of hydrogen-bond acceptors (Lipinski definition) is 6. The summed E-state index contributed by atoms with van der Waals surface area (Å²) in [6.45, 7) is 2.07. The molecule has 1 aliphatic heterocycles. The van der Waals surface area contributed by atoms with Gasteiger partial charge in [-0.3, -0.25) is 4.79 Å². The van der Waals surface area contributed by atoms with Crippen molar-refractivity contribution in [3.63, 3.8) is 0 Å². The fourth-order valence-electron chi connectivity index (χ4n) is 4.52. The average Bonchev–Trinajstić information content (AvgIpc) is 2.98. The molecule has 1 amide bonds. The van der Waals surface area contributed by atoms with Gasteiger partial charge in [-0.1, -0.05) is 73.3 Å². The van der Waals surface area contributed by atoms with Crippen LogP contribution in [0.5, 0.6) is 0 Å². The maximum absolute atomic E-state index is 12.5. The van der Waals surface area contributed by atoms with E-state index in [0.717, 1.165) is 21.4 Å². The molecule has 1 aromatic heterocycles. The summed E-state index contributed by atoms with van der Waals surface area (Å²) < 4.78 is 13.8. The summed E-state index contributed by atoms with van der Waals surface area (Å²) >= 11 is 1.45. The largest absolute Gasteiger partial charge is 0.618 e. The lowest BCUT2D eigenvalue weighted by molar-refractivity contribution is -0.645. The van der Waals surface area contributed by atoms with Crippen molar-refractivity contribution in [2.45, 2.75) is 37.1 Å². The highest BCUT2D eigenvalue weighted by atomic mass is 32.2. The third-order valence-corrected chi connectivity index (χ3v) is 7.89. The maximum Gasteiger partial charge on any atom is 0.255 e. The number of aliphatic hydroxyl groups is 1. The van der Waals surface area contributed by atoms with E-state index in [-0.39, 0.29) is 30.6 Å². The quantitative estimate of drug-likeness (QED) is 0.170. The molecule has 1 fully saturated rings. The number of carbonyl (C=O) groups is 1. The van der Waals surface area contributed by atoms with Gasteiger partial charge < -0.3 is 25.1 Å². The number of pyridine rings is 1. The van der Waals surface area contributed by atoms with Crippen LogP contribution in [0.3, 0.4) is 0 Å². The molecule has 8 heteroatoms. The van der Waals surface area contributed by atoms with E-state index in [2.05, 4.69) is 12.2 Å². The Balaban J connectivity index is 1.35. The second-order valence-electron chi connectivity index (χ2n) is 9.44. The van der Waals surface area contributed by atoms with Crippen LogP contribution in [-0.2, 0) is 16.1 Å². The number of carbonyl (C=O) groups excluding carboxylic acids is 1. The first-order chi connectivity index (χ1) is 19.0. The zero-order valence-electron chi connectivity index (χ0n) is 21.5. The number of benzene rings is 3. The Morgan fingerprint density at radius 2 is 1.62 bits per heavy atom. The lowest BCUT2D eigenvalue weighted by Crippen LogP contribution is -2.39. The number of hydrogen-bond donors (Lipinski definition) is 2. The molecule has 0 bridgehead atoms. The molecule has 39 heavy (non-hydrogen) atoms. The van der Waals surface area contributed by atoms with Gasteiger partial charge in [-0.2, -0.15) is 4.73 Å². The monoisotopic (exact) mass is 542 g/mol. The number of rotatable bonds is 8. The summed E-state index contributed by atoms with van der Waals surface area (Å²) in [6.07, 6.45) is 0.398. The summed E-state index contributed by atoms with van der Waals surface area (Å²) in [5.74, 6) is 0.397. The van der Waals surface area contributed by atoms with Gasteiger partial charge in [0.1, 0.15) is 0 Å². The Labute approximate surface area is 232 Å². The Bertz CT molecular complexity index is 1380. The number of nitrogens with zero attached hydrogens (tertiary/aromatic N) is 1. The second kappa shape index (κ2) is 12.4. The fraction of sp³-hybridized carbons (Fsp3) is 0.226. The molecule has 4 atom stereocenters. The molecule has 0 radical (unpaired) electrons. The average molecular weight is 543 g/mol. The molecule has 0 spiro atoms. The van der Waals surface area contributed by atoms with E-state index in [1.54, 1.807) is 24.3 Å². The van der Waals surface area contributed by atoms with Crippen LogP contribution in [-0.4, -0.2) is 22.9 Å². The minimum atomic E-state index is -0.636. The van der Waals surface area contributed by atoms with Gasteiger partial charge in [-0.05, 0) is 41.5 Å². The number of thioether (sulfide) groups is 1. The van der Waals surface area contributed by atoms with Crippen LogP contribution in [0.2, 0.25) is 0 Å². The molecule has 3 aromatic carbocycles. The van der Waals surface area contributed by atoms with E-state index in [0.29, 0.717) is 22.0 Å². The van der Waals surface area contributed by atoms with Gasteiger partial charge >= 0.3 is 0 Å². The Hall–Kier alpha value is -3.69. The van der Waals surface area contributed by atoms with Gasteiger partial charge in [0.2, 0.25) is 0 Å². The van der Waals surface area contributed by atoms with Crippen LogP contribution >= 0.6 is 11.8 Å². The van der Waals surface area contributed by atoms with E-state index < -0.39 is 6.29 Å². The van der Waals surface area contributed by atoms with Crippen LogP contribution < -0.4 is 10.0 Å². The van der Waals surface area contributed by atoms with Crippen LogP contribution in [0, 0.1) is 11.1 Å². The third kappa shape index (κ3) is 6.49. The number of nitrogens with one attached hydrogen (secondary N) is 1. The first kappa shape index (κ1) is 26.9. The van der Waals surface area contributed by atoms with Gasteiger partial charge in [-0.25, -0.2) is 0 Å². The molecule has 4 aromatic rings. The van der Waals surface area contributed by atoms with Crippen molar-refractivity contribution in [1.29, 1.82) is 0 Å². The van der Waals surface area contributed by atoms with Crippen molar-refractivity contribution >= 4 is 23.4 Å². The highest BCUT2D eigenvalue weighted by Crippen LogP contribution is 2.43. The molecular formula is C31H30N2O5S. The van der Waals surface area contributed by atoms with Crippen molar-refractivity contribution < 1.29 is 24.1 Å². The van der Waals surface area contributed by atoms with E-state index in [1.807, 2.05) is 72.8 Å². The molecule has 5 rings (SSSR count). The summed E-state index contributed by atoms with van der Waals surface area (Å²) in [4.78, 5) is 12.5. The summed E-state index contributed by atoms with van der Waals surface area (Å²) in [6, 6.07) is 29.6. The second-order valence-corrected chi connectivity index (χ2v) is 10.5. The molecule has 2 heterocycles. The van der Waals surface area contributed by atoms with Crippen molar-refractivity contribution in [2.75, 3.05) is 11.1 Å². The molecule has 200 valence electrons. The molecule has 1 aliphatic rings. The van der Waals surface area contributed by atoms with Crippen LogP contribution in [0.4, 0.5) is 5.69 Å². The van der Waals surface area contributed by atoms with E-state index in [9.17, 15) is 15.1 Å². The van der Waals surface area contributed by atoms with E-state index in [4.69, 9.17) is 9.47 Å². The number of aliphatic hydroxyl groups excluding tert-OH is 1. The molecule has 0 saturated carbocycles. The van der Waals surface area contributed by atoms with Crippen LogP contribution in [0.25, 0.3) is 0 Å². The zero-order chi connectivity index (χ0) is 27.2. The van der Waals surface area contributed by atoms with Gasteiger partial charge in [0.05, 0.1) is 18.8 Å². The highest BCUT2D eigenvalue weighted by Gasteiger charge is 2.38. The van der Waals surface area contributed by atoms with Crippen molar-refractivity contribution in [3.8, 4) is 0 Å². The lowest BCUT2D eigenvalue weighted by Gasteiger charge is -2.41. The van der Waals surface area contributed by atoms with E-state index >= 15 is 0 Å². The van der Waals surface area contributed by atoms with Crippen LogP contribution in [0.1, 0.15) is 46.4 Å². The number of ether oxygens (including phenoxy) is 2. The summed E-state index contributed by atoms with van der Waals surface area (Å²) in [5, 5.41) is 25.2. The lowest BCUT2D eigenvalue weighted by atomic mass is 9.91. The SMILES string of the molecule is C[C@@H]1[C@H](CSc2cccc[n+]2[O-])O[C@H](c2ccc(NC(=O)c3ccccc3)cc2)O[C@@H]1c1ccc(CO)cc1. The van der Waals surface area contributed by atoms with Crippen molar-refractivity contribution in [1.82, 2.24) is 0 Å². The molecule has 7 nitrogen and oxygen atoms in total. The molecule has 0 unspecified atom stereocenters. The molecular weight excluding hydrogens is 512 g/mol.